The van der Waals surface area contributed by atoms with Crippen LogP contribution < -0.4 is 0 Å². The van der Waals surface area contributed by atoms with E-state index in [2.05, 4.69) is 72.8 Å². The average molecular weight is 409 g/mol. The Morgan fingerprint density at radius 1 is 0.375 bits per heavy atom. The Hall–Kier alpha value is -4.66. The molecule has 0 saturated heterocycles. The monoisotopic (exact) mass is 408 g/mol. The summed E-state index contributed by atoms with van der Waals surface area (Å²) in [5.41, 5.74) is 8.06. The smallest absolute Gasteiger partial charge is 0.0991 e. The Labute approximate surface area is 188 Å². The number of hydrogen-bond acceptors (Lipinski definition) is 2. The maximum absolute atomic E-state index is 8.88. The second kappa shape index (κ2) is 9.90. The van der Waals surface area contributed by atoms with E-state index in [1.807, 2.05) is 60.7 Å². The van der Waals surface area contributed by atoms with Gasteiger partial charge in [0.05, 0.1) is 23.3 Å². The van der Waals surface area contributed by atoms with Crippen LogP contribution in [-0.2, 0) is 0 Å². The van der Waals surface area contributed by atoms with Gasteiger partial charge in [-0.05, 0) is 57.6 Å². The quantitative estimate of drug-likeness (QED) is 0.322. The Kier molecular flexibility index (Phi) is 6.37. The molecule has 0 bridgehead atoms. The summed E-state index contributed by atoms with van der Waals surface area (Å²) in [6.45, 7) is 0. The Morgan fingerprint density at radius 2 is 0.625 bits per heavy atom. The number of nitriles is 2. The van der Waals surface area contributed by atoms with Crippen LogP contribution in [0.5, 0.6) is 0 Å². The SMILES string of the molecule is N#Cc1ccc(/C=C/c2ccc(-c3ccc(/C=C/c4ccc(C#N)cc4)cc3)cc2)cc1. The summed E-state index contributed by atoms with van der Waals surface area (Å²) < 4.78 is 0. The molecule has 2 nitrogen and oxygen atoms in total. The van der Waals surface area contributed by atoms with Crippen LogP contribution in [0.15, 0.2) is 97.1 Å². The van der Waals surface area contributed by atoms with Crippen LogP contribution in [0.4, 0.5) is 0 Å². The fourth-order valence-corrected chi connectivity index (χ4v) is 3.30. The second-order valence-corrected chi connectivity index (χ2v) is 7.38. The number of benzene rings is 4. The van der Waals surface area contributed by atoms with Gasteiger partial charge in [-0.25, -0.2) is 0 Å². The summed E-state index contributed by atoms with van der Waals surface area (Å²) in [5, 5.41) is 17.8. The van der Waals surface area contributed by atoms with Crippen LogP contribution in [0.25, 0.3) is 35.4 Å². The molecule has 0 aliphatic carbocycles. The molecule has 0 spiro atoms. The Bertz CT molecular complexity index is 1220. The molecule has 0 aliphatic heterocycles. The van der Waals surface area contributed by atoms with Gasteiger partial charge in [-0.3, -0.25) is 0 Å². The van der Waals surface area contributed by atoms with Gasteiger partial charge in [0.25, 0.3) is 0 Å². The van der Waals surface area contributed by atoms with Crippen molar-refractivity contribution in [2.24, 2.45) is 0 Å². The minimum atomic E-state index is 0.669. The molecule has 0 aliphatic rings. The maximum Gasteiger partial charge on any atom is 0.0991 e. The van der Waals surface area contributed by atoms with Gasteiger partial charge in [0.15, 0.2) is 0 Å². The van der Waals surface area contributed by atoms with Gasteiger partial charge >= 0.3 is 0 Å². The first-order valence-electron chi connectivity index (χ1n) is 10.3. The van der Waals surface area contributed by atoms with Gasteiger partial charge in [-0.1, -0.05) is 97.1 Å². The van der Waals surface area contributed by atoms with Crippen molar-refractivity contribution in [1.82, 2.24) is 0 Å². The number of hydrogen-bond donors (Lipinski definition) is 0. The summed E-state index contributed by atoms with van der Waals surface area (Å²) in [6, 6.07) is 36.3. The Morgan fingerprint density at radius 3 is 0.875 bits per heavy atom. The molecular formula is C30H20N2. The van der Waals surface area contributed by atoms with Crippen LogP contribution in [0.1, 0.15) is 33.4 Å². The normalized spacial score (nSPS) is 10.8. The van der Waals surface area contributed by atoms with Crippen molar-refractivity contribution < 1.29 is 0 Å². The van der Waals surface area contributed by atoms with Gasteiger partial charge < -0.3 is 0 Å². The van der Waals surface area contributed by atoms with Crippen molar-refractivity contribution in [3.8, 4) is 23.3 Å². The molecule has 150 valence electrons. The summed E-state index contributed by atoms with van der Waals surface area (Å²) in [7, 11) is 0. The lowest BCUT2D eigenvalue weighted by Gasteiger charge is -2.04. The lowest BCUT2D eigenvalue weighted by atomic mass is 10.0. The van der Waals surface area contributed by atoms with E-state index in [1.54, 1.807) is 0 Å². The highest BCUT2D eigenvalue weighted by Gasteiger charge is 1.98. The van der Waals surface area contributed by atoms with Crippen LogP contribution in [0.2, 0.25) is 0 Å². The zero-order valence-electron chi connectivity index (χ0n) is 17.4. The zero-order valence-corrected chi connectivity index (χ0v) is 17.4. The topological polar surface area (TPSA) is 47.6 Å². The third-order valence-electron chi connectivity index (χ3n) is 5.17. The third kappa shape index (κ3) is 5.28. The molecule has 0 radical (unpaired) electrons. The number of nitrogens with zero attached hydrogens (tertiary/aromatic N) is 2. The molecule has 0 N–H and O–H groups in total. The van der Waals surface area contributed by atoms with E-state index >= 15 is 0 Å². The summed E-state index contributed by atoms with van der Waals surface area (Å²) in [4.78, 5) is 0. The second-order valence-electron chi connectivity index (χ2n) is 7.38. The van der Waals surface area contributed by atoms with Crippen LogP contribution >= 0.6 is 0 Å². The largest absolute Gasteiger partial charge is 0.192 e. The van der Waals surface area contributed by atoms with Gasteiger partial charge in [0, 0.05) is 0 Å². The highest BCUT2D eigenvalue weighted by molar-refractivity contribution is 5.74. The predicted octanol–water partition coefficient (Wildman–Crippen LogP) is 7.44. The first kappa shape index (κ1) is 20.6. The van der Waals surface area contributed by atoms with E-state index in [9.17, 15) is 0 Å². The van der Waals surface area contributed by atoms with Gasteiger partial charge in [-0.15, -0.1) is 0 Å². The predicted molar refractivity (Wildman–Crippen MR) is 132 cm³/mol. The van der Waals surface area contributed by atoms with Crippen LogP contribution in [-0.4, -0.2) is 0 Å². The molecule has 0 atom stereocenters. The minimum Gasteiger partial charge on any atom is -0.192 e. The number of rotatable bonds is 5. The minimum absolute atomic E-state index is 0.669. The Balaban J connectivity index is 1.41. The van der Waals surface area contributed by atoms with Gasteiger partial charge in [0.1, 0.15) is 0 Å². The third-order valence-corrected chi connectivity index (χ3v) is 5.17. The summed E-state index contributed by atoms with van der Waals surface area (Å²) >= 11 is 0. The van der Waals surface area contributed by atoms with Crippen molar-refractivity contribution in [1.29, 1.82) is 10.5 Å². The molecule has 0 saturated carbocycles. The molecular weight excluding hydrogens is 388 g/mol. The van der Waals surface area contributed by atoms with Crippen molar-refractivity contribution in [3.05, 3.63) is 130 Å². The maximum atomic E-state index is 8.88. The van der Waals surface area contributed by atoms with E-state index in [0.717, 1.165) is 22.3 Å². The molecule has 0 heterocycles. The van der Waals surface area contributed by atoms with E-state index in [-0.39, 0.29) is 0 Å². The van der Waals surface area contributed by atoms with Crippen molar-refractivity contribution in [3.63, 3.8) is 0 Å². The molecule has 4 rings (SSSR count). The van der Waals surface area contributed by atoms with Crippen molar-refractivity contribution >= 4 is 24.3 Å². The average Bonchev–Trinajstić information content (AvgIpc) is 2.87. The molecule has 0 fully saturated rings. The standard InChI is InChI=1S/C30H20N2/c31-21-27-9-5-23(6-10-27)1-3-25-13-17-29(18-14-25)30-19-15-26(16-20-30)4-2-24-7-11-28(22-32)12-8-24/h1-20H/b3-1+,4-2+. The van der Waals surface area contributed by atoms with E-state index in [4.69, 9.17) is 10.5 Å². The van der Waals surface area contributed by atoms with Crippen molar-refractivity contribution in [2.75, 3.05) is 0 Å². The molecule has 0 unspecified atom stereocenters. The first-order chi connectivity index (χ1) is 15.7. The highest BCUT2D eigenvalue weighted by atomic mass is 14.2. The molecule has 4 aromatic rings. The van der Waals surface area contributed by atoms with Gasteiger partial charge in [0.2, 0.25) is 0 Å². The van der Waals surface area contributed by atoms with Crippen LogP contribution in [0.3, 0.4) is 0 Å². The van der Waals surface area contributed by atoms with E-state index in [1.165, 1.54) is 11.1 Å². The molecule has 0 aromatic heterocycles. The molecule has 0 amide bonds. The summed E-state index contributed by atoms with van der Waals surface area (Å²) in [5.74, 6) is 0. The van der Waals surface area contributed by atoms with Gasteiger partial charge in [-0.2, -0.15) is 10.5 Å². The first-order valence-corrected chi connectivity index (χ1v) is 10.3. The lowest BCUT2D eigenvalue weighted by Crippen LogP contribution is -1.80. The lowest BCUT2D eigenvalue weighted by molar-refractivity contribution is 1.48. The highest BCUT2D eigenvalue weighted by Crippen LogP contribution is 2.22. The van der Waals surface area contributed by atoms with E-state index in [0.29, 0.717) is 11.1 Å². The molecule has 32 heavy (non-hydrogen) atoms. The van der Waals surface area contributed by atoms with E-state index < -0.39 is 0 Å². The summed E-state index contributed by atoms with van der Waals surface area (Å²) in [6.07, 6.45) is 8.24. The molecule has 4 aromatic carbocycles. The fourth-order valence-electron chi connectivity index (χ4n) is 3.30. The molecule has 2 heteroatoms. The van der Waals surface area contributed by atoms with Crippen LogP contribution in [0, 0.1) is 22.7 Å². The fraction of sp³-hybridized carbons (Fsp3) is 0. The van der Waals surface area contributed by atoms with Crippen molar-refractivity contribution in [2.45, 2.75) is 0 Å². The zero-order chi connectivity index (χ0) is 22.2.